The van der Waals surface area contributed by atoms with Crippen molar-refractivity contribution < 1.29 is 9.90 Å². The van der Waals surface area contributed by atoms with E-state index in [1.165, 1.54) is 18.4 Å². The molecule has 24 heavy (non-hydrogen) atoms. The largest absolute Gasteiger partial charge is 0.387 e. The van der Waals surface area contributed by atoms with Crippen LogP contribution in [0.3, 0.4) is 0 Å². The van der Waals surface area contributed by atoms with E-state index in [4.69, 9.17) is 0 Å². The Hall–Kier alpha value is -1.39. The quantitative estimate of drug-likeness (QED) is 0.895. The van der Waals surface area contributed by atoms with Gasteiger partial charge in [0.15, 0.2) is 0 Å². The first-order valence-electron chi connectivity index (χ1n) is 9.38. The first-order chi connectivity index (χ1) is 11.6. The Kier molecular flexibility index (Phi) is 4.13. The topological polar surface area (TPSA) is 52.6 Å². The Balaban J connectivity index is 1.51. The maximum absolute atomic E-state index is 12.6. The molecule has 1 aliphatic carbocycles. The summed E-state index contributed by atoms with van der Waals surface area (Å²) in [6, 6.07) is 10.3. The predicted octanol–water partition coefficient (Wildman–Crippen LogP) is 2.29. The Morgan fingerprint density at radius 1 is 1.17 bits per heavy atom. The lowest BCUT2D eigenvalue weighted by atomic mass is 9.66. The van der Waals surface area contributed by atoms with Gasteiger partial charge in [-0.25, -0.2) is 0 Å². The third-order valence-electron chi connectivity index (χ3n) is 6.66. The van der Waals surface area contributed by atoms with Crippen molar-refractivity contribution in [2.24, 2.45) is 5.41 Å². The van der Waals surface area contributed by atoms with Crippen LogP contribution in [-0.2, 0) is 4.79 Å². The SMILES string of the molecule is O=C1C[C@@H](c2ccccc2)CN1C[C@]1(O)CCNCC12CCCC2. The number of likely N-dealkylation sites (tertiary alicyclic amines) is 1. The molecule has 4 nitrogen and oxygen atoms in total. The van der Waals surface area contributed by atoms with Gasteiger partial charge in [0.1, 0.15) is 0 Å². The minimum absolute atomic E-state index is 0.0314. The zero-order valence-electron chi connectivity index (χ0n) is 14.3. The highest BCUT2D eigenvalue weighted by molar-refractivity contribution is 5.80. The number of carbonyl (C=O) groups excluding carboxylic acids is 1. The van der Waals surface area contributed by atoms with Crippen LogP contribution in [0.1, 0.15) is 50.0 Å². The molecule has 1 aromatic carbocycles. The summed E-state index contributed by atoms with van der Waals surface area (Å²) >= 11 is 0. The molecule has 0 bridgehead atoms. The lowest BCUT2D eigenvalue weighted by Crippen LogP contribution is -2.62. The van der Waals surface area contributed by atoms with Crippen molar-refractivity contribution >= 4 is 5.91 Å². The van der Waals surface area contributed by atoms with Crippen LogP contribution in [-0.4, -0.2) is 47.7 Å². The first kappa shape index (κ1) is 16.1. The van der Waals surface area contributed by atoms with E-state index < -0.39 is 5.60 Å². The van der Waals surface area contributed by atoms with E-state index >= 15 is 0 Å². The number of aliphatic hydroxyl groups is 1. The van der Waals surface area contributed by atoms with Gasteiger partial charge in [0, 0.05) is 30.8 Å². The lowest BCUT2D eigenvalue weighted by molar-refractivity contribution is -0.143. The fourth-order valence-electron chi connectivity index (χ4n) is 5.18. The fourth-order valence-corrected chi connectivity index (χ4v) is 5.18. The van der Waals surface area contributed by atoms with E-state index in [0.29, 0.717) is 13.0 Å². The summed E-state index contributed by atoms with van der Waals surface area (Å²) in [6.45, 7) is 3.00. The molecule has 0 aromatic heterocycles. The molecule has 1 spiro atoms. The fraction of sp³-hybridized carbons (Fsp3) is 0.650. The standard InChI is InChI=1S/C20H28N2O2/c23-18-12-17(16-6-2-1-3-7-16)13-22(18)15-20(24)10-11-21-14-19(20)8-4-5-9-19/h1-3,6-7,17,21,24H,4-5,8-15H2/t17-,20-/m1/s1. The highest BCUT2D eigenvalue weighted by Gasteiger charge is 2.54. The maximum atomic E-state index is 12.6. The molecule has 2 aliphatic heterocycles. The van der Waals surface area contributed by atoms with E-state index in [-0.39, 0.29) is 17.2 Å². The van der Waals surface area contributed by atoms with Crippen molar-refractivity contribution in [2.75, 3.05) is 26.2 Å². The van der Waals surface area contributed by atoms with Gasteiger partial charge in [0.2, 0.25) is 5.91 Å². The Morgan fingerprint density at radius 3 is 2.67 bits per heavy atom. The Morgan fingerprint density at radius 2 is 1.92 bits per heavy atom. The summed E-state index contributed by atoms with van der Waals surface area (Å²) in [7, 11) is 0. The molecule has 130 valence electrons. The normalized spacial score (nSPS) is 32.6. The molecule has 0 unspecified atom stereocenters. The van der Waals surface area contributed by atoms with E-state index in [9.17, 15) is 9.90 Å². The van der Waals surface area contributed by atoms with Crippen molar-refractivity contribution in [1.29, 1.82) is 0 Å². The molecule has 2 heterocycles. The van der Waals surface area contributed by atoms with Gasteiger partial charge in [-0.1, -0.05) is 43.2 Å². The van der Waals surface area contributed by atoms with Crippen LogP contribution in [0, 0.1) is 5.41 Å². The van der Waals surface area contributed by atoms with Crippen molar-refractivity contribution in [3.05, 3.63) is 35.9 Å². The highest BCUT2D eigenvalue weighted by atomic mass is 16.3. The number of piperidine rings is 1. The van der Waals surface area contributed by atoms with Crippen LogP contribution in [0.4, 0.5) is 0 Å². The summed E-state index contributed by atoms with van der Waals surface area (Å²) in [6.07, 6.45) is 5.90. The second-order valence-corrected chi connectivity index (χ2v) is 8.03. The number of benzene rings is 1. The molecule has 4 rings (SSSR count). The van der Waals surface area contributed by atoms with Crippen LogP contribution in [0.2, 0.25) is 0 Å². The van der Waals surface area contributed by atoms with E-state index in [1.807, 2.05) is 23.1 Å². The van der Waals surface area contributed by atoms with Gasteiger partial charge in [-0.15, -0.1) is 0 Å². The summed E-state index contributed by atoms with van der Waals surface area (Å²) in [5.41, 5.74) is 0.480. The molecule has 1 amide bonds. The molecule has 1 aromatic rings. The van der Waals surface area contributed by atoms with Gasteiger partial charge in [0.25, 0.3) is 0 Å². The minimum atomic E-state index is -0.726. The average Bonchev–Trinajstić information content (AvgIpc) is 3.20. The van der Waals surface area contributed by atoms with Gasteiger partial charge in [-0.2, -0.15) is 0 Å². The number of hydrogen-bond donors (Lipinski definition) is 2. The molecule has 3 fully saturated rings. The van der Waals surface area contributed by atoms with Crippen molar-refractivity contribution in [2.45, 2.75) is 50.0 Å². The molecular weight excluding hydrogens is 300 g/mol. The van der Waals surface area contributed by atoms with Gasteiger partial charge in [0.05, 0.1) is 12.1 Å². The monoisotopic (exact) mass is 328 g/mol. The number of nitrogens with zero attached hydrogens (tertiary/aromatic N) is 1. The molecular formula is C20H28N2O2. The van der Waals surface area contributed by atoms with Crippen LogP contribution in [0.15, 0.2) is 30.3 Å². The number of amides is 1. The number of rotatable bonds is 3. The van der Waals surface area contributed by atoms with E-state index in [1.54, 1.807) is 0 Å². The molecule has 4 heteroatoms. The summed E-state index contributed by atoms with van der Waals surface area (Å²) in [5.74, 6) is 0.465. The van der Waals surface area contributed by atoms with E-state index in [2.05, 4.69) is 17.4 Å². The maximum Gasteiger partial charge on any atom is 0.223 e. The van der Waals surface area contributed by atoms with Gasteiger partial charge < -0.3 is 15.3 Å². The van der Waals surface area contributed by atoms with Crippen LogP contribution in [0.5, 0.6) is 0 Å². The molecule has 0 radical (unpaired) electrons. The number of β-amino-alcohol motifs (C(OH)–C–C–N with tert-alkyl or cyclic N) is 1. The van der Waals surface area contributed by atoms with Gasteiger partial charge >= 0.3 is 0 Å². The first-order valence-corrected chi connectivity index (χ1v) is 9.38. The van der Waals surface area contributed by atoms with Crippen molar-refractivity contribution in [3.63, 3.8) is 0 Å². The van der Waals surface area contributed by atoms with Crippen LogP contribution >= 0.6 is 0 Å². The third kappa shape index (κ3) is 2.66. The smallest absolute Gasteiger partial charge is 0.223 e. The van der Waals surface area contributed by atoms with Crippen molar-refractivity contribution in [1.82, 2.24) is 10.2 Å². The summed E-state index contributed by atoms with van der Waals surface area (Å²) < 4.78 is 0. The summed E-state index contributed by atoms with van der Waals surface area (Å²) in [5, 5.41) is 15.0. The molecule has 2 saturated heterocycles. The molecule has 1 saturated carbocycles. The van der Waals surface area contributed by atoms with Gasteiger partial charge in [-0.3, -0.25) is 4.79 Å². The zero-order valence-corrected chi connectivity index (χ0v) is 14.3. The Labute approximate surface area is 144 Å². The van der Waals surface area contributed by atoms with Crippen molar-refractivity contribution in [3.8, 4) is 0 Å². The minimum Gasteiger partial charge on any atom is -0.387 e. The number of nitrogens with one attached hydrogen (secondary N) is 1. The number of carbonyl (C=O) groups is 1. The molecule has 2 atom stereocenters. The predicted molar refractivity (Wildman–Crippen MR) is 93.7 cm³/mol. The lowest BCUT2D eigenvalue weighted by Gasteiger charge is -2.50. The summed E-state index contributed by atoms with van der Waals surface area (Å²) in [4.78, 5) is 14.5. The molecule has 2 N–H and O–H groups in total. The highest BCUT2D eigenvalue weighted by Crippen LogP contribution is 2.50. The second-order valence-electron chi connectivity index (χ2n) is 8.03. The molecule has 3 aliphatic rings. The van der Waals surface area contributed by atoms with E-state index in [0.717, 1.165) is 38.9 Å². The van der Waals surface area contributed by atoms with Gasteiger partial charge in [-0.05, 0) is 31.4 Å². The number of hydrogen-bond acceptors (Lipinski definition) is 3. The Bertz CT molecular complexity index is 597. The van der Waals surface area contributed by atoms with Crippen LogP contribution in [0.25, 0.3) is 0 Å². The second kappa shape index (κ2) is 6.16. The van der Waals surface area contributed by atoms with Crippen LogP contribution < -0.4 is 5.32 Å². The zero-order chi connectivity index (χ0) is 16.6. The third-order valence-corrected chi connectivity index (χ3v) is 6.66. The average molecular weight is 328 g/mol.